The van der Waals surface area contributed by atoms with Gasteiger partial charge in [0.25, 0.3) is 0 Å². The van der Waals surface area contributed by atoms with Crippen LogP contribution >= 0.6 is 0 Å². The quantitative estimate of drug-likeness (QED) is 0.760. The van der Waals surface area contributed by atoms with Gasteiger partial charge in [-0.1, -0.05) is 26.0 Å². The molecule has 1 aromatic carbocycles. The van der Waals surface area contributed by atoms with Crippen LogP contribution in [0.3, 0.4) is 0 Å². The lowest BCUT2D eigenvalue weighted by molar-refractivity contribution is -0.0622. The van der Waals surface area contributed by atoms with Crippen molar-refractivity contribution in [2.45, 2.75) is 53.2 Å². The van der Waals surface area contributed by atoms with E-state index in [0.717, 1.165) is 11.9 Å². The first-order valence-corrected chi connectivity index (χ1v) is 9.14. The second-order valence-corrected chi connectivity index (χ2v) is 8.89. The van der Waals surface area contributed by atoms with E-state index in [-0.39, 0.29) is 22.7 Å². The van der Waals surface area contributed by atoms with Crippen LogP contribution in [0.15, 0.2) is 33.5 Å². The molecule has 1 unspecified atom stereocenters. The van der Waals surface area contributed by atoms with Crippen molar-refractivity contribution in [1.82, 2.24) is 4.90 Å². The van der Waals surface area contributed by atoms with Crippen molar-refractivity contribution in [1.29, 1.82) is 0 Å². The Kier molecular flexibility index (Phi) is 4.88. The van der Waals surface area contributed by atoms with E-state index in [9.17, 15) is 4.79 Å². The molecule has 26 heavy (non-hydrogen) atoms. The van der Waals surface area contributed by atoms with Crippen molar-refractivity contribution in [3.63, 3.8) is 0 Å². The van der Waals surface area contributed by atoms with E-state index in [0.29, 0.717) is 30.2 Å². The average molecular weight is 359 g/mol. The fourth-order valence-electron chi connectivity index (χ4n) is 3.28. The number of para-hydroxylation sites is 1. The molecular formula is C21H29NO4. The maximum Gasteiger partial charge on any atom is 0.344 e. The highest BCUT2D eigenvalue weighted by Crippen LogP contribution is 2.38. The zero-order valence-electron chi connectivity index (χ0n) is 16.6. The molecule has 0 N–H and O–H groups in total. The Balaban J connectivity index is 1.85. The standard InChI is InChI=1S/C21H29NO4/c1-14-17-18(15-9-7-8-10-16(15)26-19(17)23)24-13-22(14)11-21(5,6)12-25-20(2,3)4/h7-10,14H,11-13H2,1-6H3. The minimum absolute atomic E-state index is 0.0700. The van der Waals surface area contributed by atoms with Gasteiger partial charge < -0.3 is 13.9 Å². The van der Waals surface area contributed by atoms with Gasteiger partial charge in [-0.15, -0.1) is 0 Å². The van der Waals surface area contributed by atoms with Gasteiger partial charge >= 0.3 is 5.63 Å². The van der Waals surface area contributed by atoms with Gasteiger partial charge in [-0.25, -0.2) is 4.79 Å². The first-order valence-electron chi connectivity index (χ1n) is 9.14. The fourth-order valence-corrected chi connectivity index (χ4v) is 3.28. The first-order chi connectivity index (χ1) is 12.1. The van der Waals surface area contributed by atoms with Crippen LogP contribution in [-0.2, 0) is 4.74 Å². The van der Waals surface area contributed by atoms with Crippen LogP contribution in [0.5, 0.6) is 5.75 Å². The topological polar surface area (TPSA) is 51.9 Å². The molecule has 5 heteroatoms. The molecular weight excluding hydrogens is 330 g/mol. The van der Waals surface area contributed by atoms with E-state index in [1.807, 2.05) is 25.1 Å². The largest absolute Gasteiger partial charge is 0.477 e. The van der Waals surface area contributed by atoms with Crippen molar-refractivity contribution in [3.05, 3.63) is 40.2 Å². The minimum Gasteiger partial charge on any atom is -0.477 e. The van der Waals surface area contributed by atoms with Gasteiger partial charge in [0.1, 0.15) is 18.1 Å². The van der Waals surface area contributed by atoms with Gasteiger partial charge in [0.15, 0.2) is 0 Å². The van der Waals surface area contributed by atoms with Crippen molar-refractivity contribution in [3.8, 4) is 5.75 Å². The van der Waals surface area contributed by atoms with E-state index in [2.05, 4.69) is 39.5 Å². The highest BCUT2D eigenvalue weighted by Gasteiger charge is 2.34. The summed E-state index contributed by atoms with van der Waals surface area (Å²) in [5, 5.41) is 0.851. The summed E-state index contributed by atoms with van der Waals surface area (Å²) in [6.45, 7) is 14.4. The van der Waals surface area contributed by atoms with E-state index < -0.39 is 0 Å². The Bertz CT molecular complexity index is 847. The molecule has 0 spiro atoms. The number of hydrogen-bond donors (Lipinski definition) is 0. The van der Waals surface area contributed by atoms with Crippen LogP contribution in [0.25, 0.3) is 11.0 Å². The molecule has 2 aromatic rings. The van der Waals surface area contributed by atoms with Crippen molar-refractivity contribution in [2.24, 2.45) is 5.41 Å². The van der Waals surface area contributed by atoms with Crippen LogP contribution in [0, 0.1) is 5.41 Å². The van der Waals surface area contributed by atoms with E-state index >= 15 is 0 Å². The van der Waals surface area contributed by atoms with Crippen LogP contribution < -0.4 is 10.4 Å². The lowest BCUT2D eigenvalue weighted by Gasteiger charge is -2.40. The molecule has 0 amide bonds. The number of ether oxygens (including phenoxy) is 2. The summed E-state index contributed by atoms with van der Waals surface area (Å²) in [6.07, 6.45) is 0. The highest BCUT2D eigenvalue weighted by atomic mass is 16.5. The molecule has 2 heterocycles. The monoisotopic (exact) mass is 359 g/mol. The van der Waals surface area contributed by atoms with E-state index in [4.69, 9.17) is 13.9 Å². The molecule has 0 radical (unpaired) electrons. The van der Waals surface area contributed by atoms with Crippen LogP contribution in [0.4, 0.5) is 0 Å². The first kappa shape index (κ1) is 18.9. The number of fused-ring (bicyclic) bond motifs is 3. The van der Waals surface area contributed by atoms with E-state index in [1.165, 1.54) is 0 Å². The third-order valence-corrected chi connectivity index (χ3v) is 4.67. The SMILES string of the molecule is CC1c2c(c3ccccc3oc2=O)OCN1CC(C)(C)COC(C)(C)C. The summed E-state index contributed by atoms with van der Waals surface area (Å²) in [6, 6.07) is 7.43. The van der Waals surface area contributed by atoms with Crippen molar-refractivity contribution < 1.29 is 13.9 Å². The zero-order chi connectivity index (χ0) is 19.1. The predicted molar refractivity (Wildman–Crippen MR) is 103 cm³/mol. The second-order valence-electron chi connectivity index (χ2n) is 8.89. The molecule has 0 bridgehead atoms. The van der Waals surface area contributed by atoms with Crippen LogP contribution in [-0.4, -0.2) is 30.4 Å². The average Bonchev–Trinajstić information content (AvgIpc) is 2.55. The van der Waals surface area contributed by atoms with Gasteiger partial charge in [0, 0.05) is 18.0 Å². The van der Waals surface area contributed by atoms with E-state index in [1.54, 1.807) is 6.07 Å². The highest BCUT2D eigenvalue weighted by molar-refractivity contribution is 5.84. The minimum atomic E-state index is -0.320. The molecule has 1 aromatic heterocycles. The third kappa shape index (κ3) is 3.94. The van der Waals surface area contributed by atoms with Crippen LogP contribution in [0.2, 0.25) is 0 Å². The number of benzene rings is 1. The summed E-state index contributed by atoms with van der Waals surface area (Å²) in [5.41, 5.74) is 0.603. The molecule has 142 valence electrons. The number of nitrogens with zero attached hydrogens (tertiary/aromatic N) is 1. The fraction of sp³-hybridized carbons (Fsp3) is 0.571. The normalized spacial score (nSPS) is 18.6. The number of hydrogen-bond acceptors (Lipinski definition) is 5. The molecule has 0 saturated carbocycles. The van der Waals surface area contributed by atoms with Gasteiger partial charge in [0.05, 0.1) is 23.2 Å². The lowest BCUT2D eigenvalue weighted by atomic mass is 9.92. The van der Waals surface area contributed by atoms with Gasteiger partial charge in [-0.2, -0.15) is 0 Å². The van der Waals surface area contributed by atoms with Gasteiger partial charge in [0.2, 0.25) is 0 Å². The lowest BCUT2D eigenvalue weighted by Crippen LogP contribution is -2.45. The number of rotatable bonds is 4. The summed E-state index contributed by atoms with van der Waals surface area (Å²) in [7, 11) is 0. The Hall–Kier alpha value is -1.85. The summed E-state index contributed by atoms with van der Waals surface area (Å²) >= 11 is 0. The predicted octanol–water partition coefficient (Wildman–Crippen LogP) is 4.35. The van der Waals surface area contributed by atoms with Gasteiger partial charge in [-0.3, -0.25) is 4.90 Å². The molecule has 5 nitrogen and oxygen atoms in total. The summed E-state index contributed by atoms with van der Waals surface area (Å²) in [4.78, 5) is 14.7. The zero-order valence-corrected chi connectivity index (χ0v) is 16.6. The van der Waals surface area contributed by atoms with Gasteiger partial charge in [-0.05, 0) is 39.8 Å². The smallest absolute Gasteiger partial charge is 0.344 e. The summed E-state index contributed by atoms with van der Waals surface area (Å²) in [5.74, 6) is 0.657. The Morgan fingerprint density at radius 3 is 2.58 bits per heavy atom. The molecule has 1 atom stereocenters. The third-order valence-electron chi connectivity index (χ3n) is 4.67. The maximum absolute atomic E-state index is 12.6. The van der Waals surface area contributed by atoms with Crippen molar-refractivity contribution in [2.75, 3.05) is 19.9 Å². The Morgan fingerprint density at radius 2 is 1.88 bits per heavy atom. The van der Waals surface area contributed by atoms with Crippen molar-refractivity contribution >= 4 is 11.0 Å². The molecule has 1 aliphatic heterocycles. The summed E-state index contributed by atoms with van der Waals surface area (Å²) < 4.78 is 17.5. The second kappa shape index (κ2) is 6.71. The molecule has 1 aliphatic rings. The molecule has 0 fully saturated rings. The Morgan fingerprint density at radius 1 is 1.19 bits per heavy atom. The maximum atomic E-state index is 12.6. The molecule has 3 rings (SSSR count). The molecule has 0 saturated heterocycles. The Labute approximate surface area is 154 Å². The van der Waals surface area contributed by atoms with Crippen LogP contribution in [0.1, 0.15) is 53.1 Å². The molecule has 0 aliphatic carbocycles.